The number of aromatic nitrogens is 2. The Morgan fingerprint density at radius 1 is 1.19 bits per heavy atom. The Morgan fingerprint density at radius 3 is 2.25 bits per heavy atom. The molecule has 0 aromatic carbocycles. The Balaban J connectivity index is 2.00. The van der Waals surface area contributed by atoms with E-state index < -0.39 is 10.0 Å². The minimum Gasteiger partial charge on any atom is -0.344 e. The monoisotopic (exact) mass is 262 g/mol. The number of rotatable bonds is 2. The SMILES string of the molecule is Cc1nnc(N2CCN(S(C)(=O)=O)CC2)s1. The van der Waals surface area contributed by atoms with E-state index in [2.05, 4.69) is 15.1 Å². The van der Waals surface area contributed by atoms with Crippen molar-refractivity contribution in [2.45, 2.75) is 6.92 Å². The fourth-order valence-corrected chi connectivity index (χ4v) is 3.19. The van der Waals surface area contributed by atoms with Gasteiger partial charge in [-0.1, -0.05) is 11.3 Å². The van der Waals surface area contributed by atoms with Crippen LogP contribution in [0, 0.1) is 6.92 Å². The zero-order chi connectivity index (χ0) is 11.8. The molecule has 8 heteroatoms. The van der Waals surface area contributed by atoms with Gasteiger partial charge in [0.2, 0.25) is 15.2 Å². The van der Waals surface area contributed by atoms with E-state index in [-0.39, 0.29) is 0 Å². The van der Waals surface area contributed by atoms with Crippen LogP contribution in [0.3, 0.4) is 0 Å². The van der Waals surface area contributed by atoms with Gasteiger partial charge < -0.3 is 4.90 Å². The predicted molar refractivity (Wildman–Crippen MR) is 63.3 cm³/mol. The topological polar surface area (TPSA) is 66.4 Å². The summed E-state index contributed by atoms with van der Waals surface area (Å²) in [6, 6.07) is 0. The lowest BCUT2D eigenvalue weighted by Crippen LogP contribution is -2.48. The Labute approximate surface area is 98.9 Å². The number of nitrogens with zero attached hydrogens (tertiary/aromatic N) is 4. The lowest BCUT2D eigenvalue weighted by atomic mass is 10.4. The number of piperazine rings is 1. The highest BCUT2D eigenvalue weighted by atomic mass is 32.2. The molecular weight excluding hydrogens is 248 g/mol. The van der Waals surface area contributed by atoms with Crippen molar-refractivity contribution < 1.29 is 8.42 Å². The molecule has 6 nitrogen and oxygen atoms in total. The van der Waals surface area contributed by atoms with Crippen molar-refractivity contribution in [3.63, 3.8) is 0 Å². The Kier molecular flexibility index (Phi) is 3.13. The Morgan fingerprint density at radius 2 is 1.81 bits per heavy atom. The maximum atomic E-state index is 11.3. The van der Waals surface area contributed by atoms with Gasteiger partial charge in [-0.2, -0.15) is 4.31 Å². The number of hydrogen-bond acceptors (Lipinski definition) is 6. The van der Waals surface area contributed by atoms with E-state index in [1.54, 1.807) is 0 Å². The molecule has 1 aromatic heterocycles. The summed E-state index contributed by atoms with van der Waals surface area (Å²) in [6.45, 7) is 4.33. The number of hydrogen-bond donors (Lipinski definition) is 0. The summed E-state index contributed by atoms with van der Waals surface area (Å²) in [7, 11) is -3.05. The fourth-order valence-electron chi connectivity index (χ4n) is 1.62. The van der Waals surface area contributed by atoms with E-state index >= 15 is 0 Å². The van der Waals surface area contributed by atoms with Gasteiger partial charge in [-0.25, -0.2) is 8.42 Å². The molecule has 1 aliphatic rings. The van der Waals surface area contributed by atoms with Gasteiger partial charge in [-0.15, -0.1) is 10.2 Å². The summed E-state index contributed by atoms with van der Waals surface area (Å²) >= 11 is 1.54. The predicted octanol–water partition coefficient (Wildman–Crippen LogP) is -0.0719. The molecule has 0 aliphatic carbocycles. The molecule has 1 saturated heterocycles. The van der Waals surface area contributed by atoms with Crippen LogP contribution in [0.5, 0.6) is 0 Å². The highest BCUT2D eigenvalue weighted by molar-refractivity contribution is 7.88. The van der Waals surface area contributed by atoms with Gasteiger partial charge in [0, 0.05) is 26.2 Å². The summed E-state index contributed by atoms with van der Waals surface area (Å²) in [6.07, 6.45) is 1.25. The van der Waals surface area contributed by atoms with Crippen molar-refractivity contribution in [3.05, 3.63) is 5.01 Å². The van der Waals surface area contributed by atoms with E-state index in [4.69, 9.17) is 0 Å². The molecule has 0 bridgehead atoms. The quantitative estimate of drug-likeness (QED) is 0.746. The first-order valence-corrected chi connectivity index (χ1v) is 7.63. The number of sulfonamides is 1. The third-order valence-corrected chi connectivity index (χ3v) is 4.70. The van der Waals surface area contributed by atoms with Crippen molar-refractivity contribution in [3.8, 4) is 0 Å². The van der Waals surface area contributed by atoms with Crippen LogP contribution in [-0.2, 0) is 10.0 Å². The zero-order valence-corrected chi connectivity index (χ0v) is 10.9. The van der Waals surface area contributed by atoms with Gasteiger partial charge >= 0.3 is 0 Å². The molecule has 16 heavy (non-hydrogen) atoms. The second-order valence-corrected chi connectivity index (χ2v) is 6.90. The van der Waals surface area contributed by atoms with Crippen molar-refractivity contribution in [1.82, 2.24) is 14.5 Å². The van der Waals surface area contributed by atoms with Crippen molar-refractivity contribution >= 4 is 26.5 Å². The van der Waals surface area contributed by atoms with E-state index in [0.29, 0.717) is 26.2 Å². The molecule has 1 aliphatic heterocycles. The highest BCUT2D eigenvalue weighted by Gasteiger charge is 2.24. The Hall–Kier alpha value is -0.730. The number of anilines is 1. The van der Waals surface area contributed by atoms with Gasteiger partial charge in [-0.3, -0.25) is 0 Å². The van der Waals surface area contributed by atoms with Crippen molar-refractivity contribution in [1.29, 1.82) is 0 Å². The van der Waals surface area contributed by atoms with Crippen LogP contribution in [0.1, 0.15) is 5.01 Å². The normalized spacial score (nSPS) is 19.0. The van der Waals surface area contributed by atoms with E-state index in [1.165, 1.54) is 21.9 Å². The molecule has 0 unspecified atom stereocenters. The van der Waals surface area contributed by atoms with Gasteiger partial charge in [0.15, 0.2) is 0 Å². The standard InChI is InChI=1S/C8H14N4O2S2/c1-7-9-10-8(15-7)11-3-5-12(6-4-11)16(2,13)14/h3-6H2,1-2H3. The third kappa shape index (κ3) is 2.50. The summed E-state index contributed by atoms with van der Waals surface area (Å²) in [5, 5.41) is 9.82. The third-order valence-electron chi connectivity index (χ3n) is 2.49. The molecule has 0 atom stereocenters. The maximum Gasteiger partial charge on any atom is 0.211 e. The zero-order valence-electron chi connectivity index (χ0n) is 9.25. The molecule has 2 heterocycles. The van der Waals surface area contributed by atoms with Crippen LogP contribution < -0.4 is 4.90 Å². The van der Waals surface area contributed by atoms with Crippen LogP contribution in [-0.4, -0.2) is 55.4 Å². The molecule has 1 fully saturated rings. The van der Waals surface area contributed by atoms with Crippen molar-refractivity contribution in [2.24, 2.45) is 0 Å². The molecule has 0 amide bonds. The second kappa shape index (κ2) is 4.27. The van der Waals surface area contributed by atoms with E-state index in [9.17, 15) is 8.42 Å². The largest absolute Gasteiger partial charge is 0.344 e. The molecule has 90 valence electrons. The first-order valence-electron chi connectivity index (χ1n) is 4.97. The van der Waals surface area contributed by atoms with Gasteiger partial charge in [0.25, 0.3) is 0 Å². The first-order chi connectivity index (χ1) is 7.47. The maximum absolute atomic E-state index is 11.3. The van der Waals surface area contributed by atoms with Crippen LogP contribution in [0.15, 0.2) is 0 Å². The summed E-state index contributed by atoms with van der Waals surface area (Å²) in [5.74, 6) is 0. The average Bonchev–Trinajstić information content (AvgIpc) is 2.64. The molecule has 0 N–H and O–H groups in total. The lowest BCUT2D eigenvalue weighted by Gasteiger charge is -2.32. The highest BCUT2D eigenvalue weighted by Crippen LogP contribution is 2.21. The molecule has 1 aromatic rings. The minimum atomic E-state index is -3.05. The average molecular weight is 262 g/mol. The molecule has 0 radical (unpaired) electrons. The van der Waals surface area contributed by atoms with Crippen LogP contribution in [0.4, 0.5) is 5.13 Å². The fraction of sp³-hybridized carbons (Fsp3) is 0.750. The van der Waals surface area contributed by atoms with Gasteiger partial charge in [-0.05, 0) is 6.92 Å². The first kappa shape index (κ1) is 11.7. The summed E-state index contributed by atoms with van der Waals surface area (Å²) < 4.78 is 24.1. The van der Waals surface area contributed by atoms with Crippen LogP contribution in [0.25, 0.3) is 0 Å². The van der Waals surface area contributed by atoms with Crippen molar-refractivity contribution in [2.75, 3.05) is 37.3 Å². The summed E-state index contributed by atoms with van der Waals surface area (Å²) in [5.41, 5.74) is 0. The molecular formula is C8H14N4O2S2. The molecule has 2 rings (SSSR count). The van der Waals surface area contributed by atoms with Crippen LogP contribution >= 0.6 is 11.3 Å². The number of aryl methyl sites for hydroxylation is 1. The molecule has 0 spiro atoms. The van der Waals surface area contributed by atoms with E-state index in [1.807, 2.05) is 6.92 Å². The minimum absolute atomic E-state index is 0.525. The second-order valence-electron chi connectivity index (χ2n) is 3.75. The molecule has 0 saturated carbocycles. The van der Waals surface area contributed by atoms with Gasteiger partial charge in [0.05, 0.1) is 6.26 Å². The smallest absolute Gasteiger partial charge is 0.211 e. The van der Waals surface area contributed by atoms with Gasteiger partial charge in [0.1, 0.15) is 5.01 Å². The Bertz CT molecular complexity index is 462. The van der Waals surface area contributed by atoms with E-state index in [0.717, 1.165) is 10.1 Å². The lowest BCUT2D eigenvalue weighted by molar-refractivity contribution is 0.387. The van der Waals surface area contributed by atoms with Crippen LogP contribution in [0.2, 0.25) is 0 Å². The summed E-state index contributed by atoms with van der Waals surface area (Å²) in [4.78, 5) is 2.08.